The summed E-state index contributed by atoms with van der Waals surface area (Å²) >= 11 is 6.48. The van der Waals surface area contributed by atoms with Gasteiger partial charge in [-0.1, -0.05) is 35.9 Å². The lowest BCUT2D eigenvalue weighted by atomic mass is 10.1. The molecule has 1 saturated heterocycles. The number of carbonyl (C=O) groups excluding carboxylic acids is 1. The fraction of sp³-hybridized carbons (Fsp3) is 0.257. The summed E-state index contributed by atoms with van der Waals surface area (Å²) in [6.07, 6.45) is 5.52. The van der Waals surface area contributed by atoms with Gasteiger partial charge in [-0.2, -0.15) is 0 Å². The molecule has 1 aromatic heterocycles. The highest BCUT2D eigenvalue weighted by atomic mass is 35.5. The summed E-state index contributed by atoms with van der Waals surface area (Å²) in [7, 11) is 1.65. The molecule has 3 aromatic carbocycles. The van der Waals surface area contributed by atoms with Crippen molar-refractivity contribution in [1.29, 1.82) is 0 Å². The zero-order valence-electron chi connectivity index (χ0n) is 24.9. The molecule has 0 unspecified atom stereocenters. The normalized spacial score (nSPS) is 13.7. The molecule has 0 radical (unpaired) electrons. The van der Waals surface area contributed by atoms with E-state index in [9.17, 15) is 9.90 Å². The molecule has 44 heavy (non-hydrogen) atoms. The van der Waals surface area contributed by atoms with Crippen LogP contribution in [0.15, 0.2) is 85.1 Å². The van der Waals surface area contributed by atoms with Crippen LogP contribution in [0.3, 0.4) is 0 Å². The van der Waals surface area contributed by atoms with E-state index in [4.69, 9.17) is 25.8 Å². The Bertz CT molecular complexity index is 1540. The highest BCUT2D eigenvalue weighted by Gasteiger charge is 2.20. The van der Waals surface area contributed by atoms with Crippen LogP contribution in [0.5, 0.6) is 28.9 Å². The van der Waals surface area contributed by atoms with Gasteiger partial charge in [0, 0.05) is 51.3 Å². The van der Waals surface area contributed by atoms with Gasteiger partial charge in [0.1, 0.15) is 17.2 Å². The molecule has 1 amide bonds. The summed E-state index contributed by atoms with van der Waals surface area (Å²) in [6.45, 7) is 6.34. The fourth-order valence-electron chi connectivity index (χ4n) is 4.95. The molecule has 9 heteroatoms. The second-order valence-electron chi connectivity index (χ2n) is 10.6. The number of ether oxygens (including phenoxy) is 3. The van der Waals surface area contributed by atoms with Gasteiger partial charge >= 0.3 is 0 Å². The molecular weight excluding hydrogens is 578 g/mol. The van der Waals surface area contributed by atoms with E-state index in [2.05, 4.69) is 34.1 Å². The van der Waals surface area contributed by atoms with Crippen molar-refractivity contribution in [3.63, 3.8) is 0 Å². The van der Waals surface area contributed by atoms with Crippen molar-refractivity contribution in [3.05, 3.63) is 112 Å². The smallest absolute Gasteiger partial charge is 0.246 e. The van der Waals surface area contributed by atoms with Crippen LogP contribution in [0.2, 0.25) is 5.02 Å². The number of methoxy groups -OCH3 is 1. The maximum Gasteiger partial charge on any atom is 0.246 e. The predicted molar refractivity (Wildman–Crippen MR) is 172 cm³/mol. The Kier molecular flexibility index (Phi) is 10.4. The first kappa shape index (κ1) is 30.9. The van der Waals surface area contributed by atoms with Gasteiger partial charge in [-0.15, -0.1) is 0 Å². The molecule has 0 saturated carbocycles. The lowest BCUT2D eigenvalue weighted by Crippen LogP contribution is -2.47. The molecule has 1 aliphatic rings. The lowest BCUT2D eigenvalue weighted by molar-refractivity contribution is -0.127. The number of hydrogen-bond acceptors (Lipinski definition) is 7. The summed E-state index contributed by atoms with van der Waals surface area (Å²) in [6, 6.07) is 23.0. The van der Waals surface area contributed by atoms with Gasteiger partial charge in [0.2, 0.25) is 11.8 Å². The number of benzene rings is 3. The van der Waals surface area contributed by atoms with Crippen molar-refractivity contribution >= 4 is 23.6 Å². The number of halogens is 1. The summed E-state index contributed by atoms with van der Waals surface area (Å²) < 4.78 is 16.8. The van der Waals surface area contributed by atoms with Gasteiger partial charge in [-0.25, -0.2) is 4.98 Å². The van der Waals surface area contributed by atoms with Crippen molar-refractivity contribution in [3.8, 4) is 28.9 Å². The van der Waals surface area contributed by atoms with Crippen LogP contribution in [-0.4, -0.2) is 65.7 Å². The van der Waals surface area contributed by atoms with Gasteiger partial charge in [0.25, 0.3) is 0 Å². The molecule has 0 bridgehead atoms. The molecule has 0 aliphatic carbocycles. The molecule has 8 nitrogen and oxygen atoms in total. The Balaban J connectivity index is 1.05. The van der Waals surface area contributed by atoms with Crippen LogP contribution < -0.4 is 14.2 Å². The van der Waals surface area contributed by atoms with Crippen LogP contribution in [0, 0.1) is 6.92 Å². The summed E-state index contributed by atoms with van der Waals surface area (Å²) in [5.41, 5.74) is 4.10. The van der Waals surface area contributed by atoms with Gasteiger partial charge in [0.05, 0.1) is 24.9 Å². The second kappa shape index (κ2) is 14.8. The molecule has 228 valence electrons. The Hall–Kier alpha value is -4.53. The van der Waals surface area contributed by atoms with E-state index >= 15 is 0 Å². The fourth-order valence-corrected chi connectivity index (χ4v) is 5.26. The summed E-state index contributed by atoms with van der Waals surface area (Å²) in [5.74, 6) is 2.50. The number of carbonyl (C=O) groups is 1. The molecule has 4 aromatic rings. The van der Waals surface area contributed by atoms with Crippen molar-refractivity contribution < 1.29 is 24.1 Å². The Morgan fingerprint density at radius 2 is 1.66 bits per heavy atom. The average Bonchev–Trinajstić information content (AvgIpc) is 3.04. The molecule has 2 heterocycles. The van der Waals surface area contributed by atoms with E-state index in [-0.39, 0.29) is 11.7 Å². The van der Waals surface area contributed by atoms with Crippen LogP contribution in [0.1, 0.15) is 22.3 Å². The SMILES string of the molecule is COc1ccc(OCCc2ccc(CN3CCN(C(=O)/C=C/c4cc(C)c(Oc5ccc(O)cn5)c(Cl)c4)CC3)cc2)cc1. The third-order valence-corrected chi connectivity index (χ3v) is 7.71. The zero-order valence-corrected chi connectivity index (χ0v) is 25.7. The monoisotopic (exact) mass is 613 g/mol. The van der Waals surface area contributed by atoms with Crippen LogP contribution in [0.4, 0.5) is 0 Å². The zero-order chi connectivity index (χ0) is 30.9. The summed E-state index contributed by atoms with van der Waals surface area (Å²) in [4.78, 5) is 21.2. The average molecular weight is 614 g/mol. The second-order valence-corrected chi connectivity index (χ2v) is 11.0. The first-order valence-corrected chi connectivity index (χ1v) is 14.9. The van der Waals surface area contributed by atoms with Gasteiger partial charge in [-0.05, 0) is 77.7 Å². The minimum absolute atomic E-state index is 0.0201. The molecule has 0 atom stereocenters. The van der Waals surface area contributed by atoms with E-state index in [0.717, 1.165) is 48.7 Å². The number of pyridine rings is 1. The number of aryl methyl sites for hydroxylation is 1. The highest BCUT2D eigenvalue weighted by Crippen LogP contribution is 2.34. The molecular formula is C35H36ClN3O5. The number of hydrogen-bond donors (Lipinski definition) is 1. The molecule has 0 spiro atoms. The van der Waals surface area contributed by atoms with E-state index in [1.165, 1.54) is 23.4 Å². The number of aromatic hydroxyl groups is 1. The molecule has 1 fully saturated rings. The van der Waals surface area contributed by atoms with E-state index < -0.39 is 0 Å². The van der Waals surface area contributed by atoms with Crippen molar-refractivity contribution in [1.82, 2.24) is 14.8 Å². The number of rotatable bonds is 11. The van der Waals surface area contributed by atoms with E-state index in [1.54, 1.807) is 31.4 Å². The minimum Gasteiger partial charge on any atom is -0.506 e. The number of aromatic nitrogens is 1. The van der Waals surface area contributed by atoms with Crippen molar-refractivity contribution in [2.75, 3.05) is 39.9 Å². The van der Waals surface area contributed by atoms with Gasteiger partial charge < -0.3 is 24.2 Å². The maximum absolute atomic E-state index is 12.9. The molecule has 1 aliphatic heterocycles. The quantitative estimate of drug-likeness (QED) is 0.193. The third-order valence-electron chi connectivity index (χ3n) is 7.43. The van der Waals surface area contributed by atoms with E-state index in [0.29, 0.717) is 36.3 Å². The summed E-state index contributed by atoms with van der Waals surface area (Å²) in [5, 5.41) is 9.83. The number of nitrogens with zero attached hydrogens (tertiary/aromatic N) is 3. The first-order chi connectivity index (χ1) is 21.4. The topological polar surface area (TPSA) is 84.4 Å². The Morgan fingerprint density at radius 1 is 0.955 bits per heavy atom. The Morgan fingerprint density at radius 3 is 2.32 bits per heavy atom. The largest absolute Gasteiger partial charge is 0.506 e. The van der Waals surface area contributed by atoms with Gasteiger partial charge in [-0.3, -0.25) is 9.69 Å². The number of piperazine rings is 1. The van der Waals surface area contributed by atoms with Crippen LogP contribution >= 0.6 is 11.6 Å². The van der Waals surface area contributed by atoms with Crippen LogP contribution in [-0.2, 0) is 17.8 Å². The number of amides is 1. The predicted octanol–water partition coefficient (Wildman–Crippen LogP) is 6.53. The van der Waals surface area contributed by atoms with Crippen molar-refractivity contribution in [2.45, 2.75) is 19.9 Å². The van der Waals surface area contributed by atoms with E-state index in [1.807, 2.05) is 42.2 Å². The standard InChI is InChI=1S/C35H36ClN3O5/c1-25-21-28(22-32(36)35(25)44-33-13-8-29(40)23-37-33)7-14-34(41)39-18-16-38(17-19-39)24-27-5-3-26(4-6-27)15-20-43-31-11-9-30(42-2)10-12-31/h3-14,21-23,40H,15-20,24H2,1-2H3/b14-7+. The lowest BCUT2D eigenvalue weighted by Gasteiger charge is -2.34. The molecule has 5 rings (SSSR count). The Labute approximate surface area is 263 Å². The van der Waals surface area contributed by atoms with Crippen LogP contribution in [0.25, 0.3) is 6.08 Å². The maximum atomic E-state index is 12.9. The molecule has 1 N–H and O–H groups in total. The minimum atomic E-state index is -0.0201. The highest BCUT2D eigenvalue weighted by molar-refractivity contribution is 6.32. The first-order valence-electron chi connectivity index (χ1n) is 14.5. The third kappa shape index (κ3) is 8.52. The van der Waals surface area contributed by atoms with Crippen molar-refractivity contribution in [2.24, 2.45) is 0 Å². The van der Waals surface area contributed by atoms with Gasteiger partial charge in [0.15, 0.2) is 5.75 Å².